The van der Waals surface area contributed by atoms with Crippen LogP contribution in [-0.4, -0.2) is 17.1 Å². The Kier molecular flexibility index (Phi) is 6.64. The fourth-order valence-electron chi connectivity index (χ4n) is 4.09. The zero-order chi connectivity index (χ0) is 26.0. The van der Waals surface area contributed by atoms with Crippen LogP contribution in [0.3, 0.4) is 0 Å². The van der Waals surface area contributed by atoms with Gasteiger partial charge in [-0.25, -0.2) is 10.4 Å². The standard InChI is InChI=1S/C31H26ClN3O2/c1-31(2,3)22-13-11-20(12-14-22)28-18-26(25-9-4-5-10-27(25)34-28)30(36)35-33-19-24-15-16-29(37-24)21-7-6-8-23(32)17-21/h4-19H,1-3H3,(H,35,36)/b33-19+. The lowest BCUT2D eigenvalue weighted by molar-refractivity contribution is 0.0956. The van der Waals surface area contributed by atoms with Crippen molar-refractivity contribution in [3.63, 3.8) is 0 Å². The average molecular weight is 508 g/mol. The number of benzene rings is 3. The molecule has 0 bridgehead atoms. The van der Waals surface area contributed by atoms with Crippen molar-refractivity contribution in [3.8, 4) is 22.6 Å². The summed E-state index contributed by atoms with van der Waals surface area (Å²) in [7, 11) is 0. The number of amides is 1. The number of hydrazone groups is 1. The second-order valence-corrected chi connectivity index (χ2v) is 10.2. The number of hydrogen-bond acceptors (Lipinski definition) is 4. The normalized spacial score (nSPS) is 11.8. The van der Waals surface area contributed by atoms with Gasteiger partial charge in [-0.2, -0.15) is 5.10 Å². The van der Waals surface area contributed by atoms with Crippen molar-refractivity contribution in [1.29, 1.82) is 0 Å². The number of halogens is 1. The molecule has 0 radical (unpaired) electrons. The molecule has 6 heteroatoms. The molecular weight excluding hydrogens is 482 g/mol. The predicted octanol–water partition coefficient (Wildman–Crippen LogP) is 7.88. The molecule has 0 saturated carbocycles. The molecule has 2 heterocycles. The average Bonchev–Trinajstić information content (AvgIpc) is 3.36. The largest absolute Gasteiger partial charge is 0.455 e. The molecule has 184 valence electrons. The number of nitrogens with zero attached hydrogens (tertiary/aromatic N) is 2. The van der Waals surface area contributed by atoms with E-state index in [0.29, 0.717) is 22.1 Å². The maximum Gasteiger partial charge on any atom is 0.272 e. The highest BCUT2D eigenvalue weighted by molar-refractivity contribution is 6.30. The Morgan fingerprint density at radius 1 is 0.919 bits per heavy atom. The van der Waals surface area contributed by atoms with Crippen LogP contribution in [0.15, 0.2) is 101 Å². The van der Waals surface area contributed by atoms with Gasteiger partial charge in [-0.15, -0.1) is 0 Å². The Morgan fingerprint density at radius 3 is 2.46 bits per heavy atom. The summed E-state index contributed by atoms with van der Waals surface area (Å²) in [6.07, 6.45) is 1.47. The van der Waals surface area contributed by atoms with Crippen LogP contribution in [0.5, 0.6) is 0 Å². The molecule has 0 aliphatic heterocycles. The number of para-hydroxylation sites is 1. The summed E-state index contributed by atoms with van der Waals surface area (Å²) in [6, 6.07) is 28.7. The predicted molar refractivity (Wildman–Crippen MR) is 150 cm³/mol. The van der Waals surface area contributed by atoms with Crippen molar-refractivity contribution in [3.05, 3.63) is 113 Å². The fourth-order valence-corrected chi connectivity index (χ4v) is 4.28. The minimum Gasteiger partial charge on any atom is -0.455 e. The summed E-state index contributed by atoms with van der Waals surface area (Å²) < 4.78 is 5.82. The van der Waals surface area contributed by atoms with E-state index in [1.807, 2.05) is 66.7 Å². The Hall–Kier alpha value is -4.22. The number of pyridine rings is 1. The van der Waals surface area contributed by atoms with Gasteiger partial charge in [0.25, 0.3) is 5.91 Å². The molecule has 2 aromatic heterocycles. The Morgan fingerprint density at radius 2 is 1.70 bits per heavy atom. The van der Waals surface area contributed by atoms with Gasteiger partial charge < -0.3 is 4.42 Å². The first-order valence-corrected chi connectivity index (χ1v) is 12.4. The summed E-state index contributed by atoms with van der Waals surface area (Å²) in [5.41, 5.74) is 7.70. The van der Waals surface area contributed by atoms with E-state index in [0.717, 1.165) is 27.7 Å². The maximum absolute atomic E-state index is 13.2. The molecule has 5 nitrogen and oxygen atoms in total. The molecule has 0 aliphatic rings. The number of rotatable bonds is 5. The molecule has 1 N–H and O–H groups in total. The highest BCUT2D eigenvalue weighted by Crippen LogP contribution is 2.28. The van der Waals surface area contributed by atoms with Crippen molar-refractivity contribution in [2.45, 2.75) is 26.2 Å². The molecule has 37 heavy (non-hydrogen) atoms. The van der Waals surface area contributed by atoms with Gasteiger partial charge in [0.2, 0.25) is 0 Å². The molecule has 0 aliphatic carbocycles. The summed E-state index contributed by atoms with van der Waals surface area (Å²) >= 11 is 6.07. The molecule has 0 atom stereocenters. The van der Waals surface area contributed by atoms with E-state index >= 15 is 0 Å². The monoisotopic (exact) mass is 507 g/mol. The summed E-state index contributed by atoms with van der Waals surface area (Å²) in [5.74, 6) is 0.844. The van der Waals surface area contributed by atoms with Crippen molar-refractivity contribution in [1.82, 2.24) is 10.4 Å². The Bertz CT molecular complexity index is 1610. The van der Waals surface area contributed by atoms with Gasteiger partial charge in [0.05, 0.1) is 23.0 Å². The number of aromatic nitrogens is 1. The number of nitrogens with one attached hydrogen (secondary N) is 1. The highest BCUT2D eigenvalue weighted by atomic mass is 35.5. The number of carbonyl (C=O) groups is 1. The van der Waals surface area contributed by atoms with Crippen molar-refractivity contribution < 1.29 is 9.21 Å². The van der Waals surface area contributed by atoms with Crippen molar-refractivity contribution in [2.24, 2.45) is 5.10 Å². The molecule has 0 spiro atoms. The molecule has 0 fully saturated rings. The fraction of sp³-hybridized carbons (Fsp3) is 0.129. The number of fused-ring (bicyclic) bond motifs is 1. The van der Waals surface area contributed by atoms with Crippen LogP contribution >= 0.6 is 11.6 Å². The van der Waals surface area contributed by atoms with Gasteiger partial charge in [-0.1, -0.05) is 87.0 Å². The highest BCUT2D eigenvalue weighted by Gasteiger charge is 2.16. The first-order chi connectivity index (χ1) is 17.8. The van der Waals surface area contributed by atoms with Gasteiger partial charge >= 0.3 is 0 Å². The van der Waals surface area contributed by atoms with Crippen LogP contribution in [0, 0.1) is 0 Å². The molecule has 1 amide bonds. The second kappa shape index (κ2) is 10.0. The summed E-state index contributed by atoms with van der Waals surface area (Å²) in [4.78, 5) is 18.0. The molecular formula is C31H26ClN3O2. The van der Waals surface area contributed by atoms with Crippen LogP contribution in [0.25, 0.3) is 33.5 Å². The van der Waals surface area contributed by atoms with Gasteiger partial charge in [0.15, 0.2) is 0 Å². The number of carbonyl (C=O) groups excluding carboxylic acids is 1. The van der Waals surface area contributed by atoms with Crippen molar-refractivity contribution >= 4 is 34.6 Å². The lowest BCUT2D eigenvalue weighted by atomic mass is 9.86. The summed E-state index contributed by atoms with van der Waals surface area (Å²) in [5, 5.41) is 5.51. The van der Waals surface area contributed by atoms with E-state index in [1.54, 1.807) is 12.1 Å². The first kappa shape index (κ1) is 24.5. The van der Waals surface area contributed by atoms with E-state index in [2.05, 4.69) is 43.4 Å². The molecule has 3 aromatic carbocycles. The molecule has 5 aromatic rings. The third-order valence-corrected chi connectivity index (χ3v) is 6.34. The SMILES string of the molecule is CC(C)(C)c1ccc(-c2cc(C(=O)N/N=C/c3ccc(-c4cccc(Cl)c4)o3)c3ccccc3n2)cc1. The number of hydrogen-bond donors (Lipinski definition) is 1. The van der Waals surface area contributed by atoms with E-state index in [1.165, 1.54) is 11.8 Å². The van der Waals surface area contributed by atoms with E-state index in [-0.39, 0.29) is 11.3 Å². The van der Waals surface area contributed by atoms with Crippen LogP contribution in [-0.2, 0) is 5.41 Å². The minimum atomic E-state index is -0.330. The topological polar surface area (TPSA) is 67.5 Å². The van der Waals surface area contributed by atoms with E-state index in [9.17, 15) is 4.79 Å². The van der Waals surface area contributed by atoms with Crippen LogP contribution in [0.2, 0.25) is 5.02 Å². The molecule has 0 saturated heterocycles. The van der Waals surface area contributed by atoms with E-state index in [4.69, 9.17) is 21.0 Å². The summed E-state index contributed by atoms with van der Waals surface area (Å²) in [6.45, 7) is 6.54. The smallest absolute Gasteiger partial charge is 0.272 e. The zero-order valence-corrected chi connectivity index (χ0v) is 21.6. The van der Waals surface area contributed by atoms with Crippen LogP contribution in [0.1, 0.15) is 42.5 Å². The molecule has 5 rings (SSSR count). The van der Waals surface area contributed by atoms with E-state index < -0.39 is 0 Å². The van der Waals surface area contributed by atoms with Gasteiger partial charge in [-0.3, -0.25) is 4.79 Å². The minimum absolute atomic E-state index is 0.0568. The number of furan rings is 1. The third-order valence-electron chi connectivity index (χ3n) is 6.10. The Labute approximate surface area is 220 Å². The van der Waals surface area contributed by atoms with Crippen molar-refractivity contribution in [2.75, 3.05) is 0 Å². The lowest BCUT2D eigenvalue weighted by Crippen LogP contribution is -2.18. The van der Waals surface area contributed by atoms with Gasteiger partial charge in [0, 0.05) is 21.5 Å². The first-order valence-electron chi connectivity index (χ1n) is 12.0. The quantitative estimate of drug-likeness (QED) is 0.194. The lowest BCUT2D eigenvalue weighted by Gasteiger charge is -2.19. The second-order valence-electron chi connectivity index (χ2n) is 9.81. The third kappa shape index (κ3) is 5.47. The van der Waals surface area contributed by atoms with Gasteiger partial charge in [-0.05, 0) is 47.4 Å². The van der Waals surface area contributed by atoms with Crippen LogP contribution < -0.4 is 5.43 Å². The zero-order valence-electron chi connectivity index (χ0n) is 20.8. The molecule has 0 unspecified atom stereocenters. The van der Waals surface area contributed by atoms with Gasteiger partial charge in [0.1, 0.15) is 11.5 Å². The van der Waals surface area contributed by atoms with Crippen LogP contribution in [0.4, 0.5) is 0 Å². The maximum atomic E-state index is 13.2. The Balaban J connectivity index is 1.39.